The van der Waals surface area contributed by atoms with Gasteiger partial charge in [0.2, 0.25) is 0 Å². The van der Waals surface area contributed by atoms with Gasteiger partial charge in [0, 0.05) is 37.1 Å². The molecule has 0 saturated carbocycles. The third kappa shape index (κ3) is 3.10. The van der Waals surface area contributed by atoms with Crippen LogP contribution in [0.2, 0.25) is 0 Å². The number of piperidine rings is 1. The number of aromatic nitrogens is 1. The van der Waals surface area contributed by atoms with E-state index in [1.165, 1.54) is 12.8 Å². The molecule has 2 atom stereocenters. The van der Waals surface area contributed by atoms with Gasteiger partial charge in [0.1, 0.15) is 0 Å². The number of carbonyl (C=O) groups is 1. The molecule has 0 radical (unpaired) electrons. The molecule has 2 saturated heterocycles. The second kappa shape index (κ2) is 6.14. The monoisotopic (exact) mass is 287 g/mol. The van der Waals surface area contributed by atoms with Crippen molar-refractivity contribution in [3.8, 4) is 0 Å². The van der Waals surface area contributed by atoms with E-state index in [2.05, 4.69) is 22.1 Å². The molecule has 2 unspecified atom stereocenters. The van der Waals surface area contributed by atoms with Crippen molar-refractivity contribution < 1.29 is 4.79 Å². The highest BCUT2D eigenvalue weighted by Gasteiger charge is 2.37. The van der Waals surface area contributed by atoms with Crippen molar-refractivity contribution in [3.63, 3.8) is 0 Å². The Morgan fingerprint density at radius 1 is 1.33 bits per heavy atom. The highest BCUT2D eigenvalue weighted by Crippen LogP contribution is 2.30. The summed E-state index contributed by atoms with van der Waals surface area (Å²) in [6.07, 6.45) is 9.23. The number of amides is 1. The molecule has 0 spiro atoms. The van der Waals surface area contributed by atoms with E-state index < -0.39 is 0 Å². The van der Waals surface area contributed by atoms with Crippen LogP contribution in [-0.2, 0) is 0 Å². The van der Waals surface area contributed by atoms with Crippen molar-refractivity contribution >= 4 is 5.91 Å². The maximum atomic E-state index is 12.9. The lowest BCUT2D eigenvalue weighted by Gasteiger charge is -2.37. The Labute approximate surface area is 126 Å². The minimum Gasteiger partial charge on any atom is -0.336 e. The van der Waals surface area contributed by atoms with Crippen LogP contribution in [0.5, 0.6) is 0 Å². The Kier molecular flexibility index (Phi) is 4.24. The van der Waals surface area contributed by atoms with Gasteiger partial charge in [-0.25, -0.2) is 0 Å². The topological polar surface area (TPSA) is 45.2 Å². The van der Waals surface area contributed by atoms with E-state index in [-0.39, 0.29) is 5.91 Å². The van der Waals surface area contributed by atoms with Gasteiger partial charge in [0.25, 0.3) is 5.91 Å². The lowest BCUT2D eigenvalue weighted by Crippen LogP contribution is -2.50. The number of carbonyl (C=O) groups excluding carboxylic acids is 1. The summed E-state index contributed by atoms with van der Waals surface area (Å²) in [6, 6.07) is 3.55. The van der Waals surface area contributed by atoms with Crippen molar-refractivity contribution in [3.05, 3.63) is 29.6 Å². The molecule has 0 aromatic carbocycles. The minimum atomic E-state index is 0.152. The maximum absolute atomic E-state index is 12.9. The van der Waals surface area contributed by atoms with E-state index in [1.54, 1.807) is 12.4 Å². The molecule has 2 aliphatic rings. The first-order valence-corrected chi connectivity index (χ1v) is 8.16. The van der Waals surface area contributed by atoms with Crippen molar-refractivity contribution in [1.82, 2.24) is 15.2 Å². The fraction of sp³-hybridized carbons (Fsp3) is 0.647. The standard InChI is InChI=1S/C17H25N3O/c1-3-6-20(16-8-14-4-5-15(9-16)19-14)17(21)13-7-12(2)10-18-11-13/h7,10-11,14-16,19H,3-6,8-9H2,1-2H3. The molecule has 4 nitrogen and oxygen atoms in total. The Bertz CT molecular complexity index is 505. The molecule has 4 heteroatoms. The van der Waals surface area contributed by atoms with Gasteiger partial charge in [-0.05, 0) is 50.7 Å². The second-order valence-electron chi connectivity index (χ2n) is 6.51. The van der Waals surface area contributed by atoms with Gasteiger partial charge >= 0.3 is 0 Å². The first-order chi connectivity index (χ1) is 10.2. The number of hydrogen-bond acceptors (Lipinski definition) is 3. The number of hydrogen-bond donors (Lipinski definition) is 1. The lowest BCUT2D eigenvalue weighted by molar-refractivity contribution is 0.0616. The maximum Gasteiger partial charge on any atom is 0.255 e. The molecule has 21 heavy (non-hydrogen) atoms. The minimum absolute atomic E-state index is 0.152. The Hall–Kier alpha value is -1.42. The highest BCUT2D eigenvalue weighted by molar-refractivity contribution is 5.94. The van der Waals surface area contributed by atoms with Crippen LogP contribution in [0.15, 0.2) is 18.5 Å². The zero-order chi connectivity index (χ0) is 14.8. The number of nitrogens with zero attached hydrogens (tertiary/aromatic N) is 2. The van der Waals surface area contributed by atoms with Crippen LogP contribution in [0.4, 0.5) is 0 Å². The molecule has 3 rings (SSSR count). The van der Waals surface area contributed by atoms with Gasteiger partial charge < -0.3 is 10.2 Å². The van der Waals surface area contributed by atoms with Crippen LogP contribution in [0, 0.1) is 6.92 Å². The van der Waals surface area contributed by atoms with Crippen LogP contribution in [0.1, 0.15) is 54.9 Å². The Morgan fingerprint density at radius 3 is 2.67 bits per heavy atom. The van der Waals surface area contributed by atoms with Crippen LogP contribution in [0.3, 0.4) is 0 Å². The lowest BCUT2D eigenvalue weighted by atomic mass is 9.97. The molecule has 1 amide bonds. The number of pyridine rings is 1. The number of fused-ring (bicyclic) bond motifs is 2. The average Bonchev–Trinajstić information content (AvgIpc) is 2.82. The molecule has 1 aromatic rings. The van der Waals surface area contributed by atoms with Gasteiger partial charge in [0.05, 0.1) is 5.56 Å². The van der Waals surface area contributed by atoms with Gasteiger partial charge in [-0.3, -0.25) is 9.78 Å². The SMILES string of the molecule is CCCN(C(=O)c1cncc(C)c1)C1CC2CCC(C1)N2. The third-order valence-corrected chi connectivity index (χ3v) is 4.74. The number of rotatable bonds is 4. The van der Waals surface area contributed by atoms with Crippen LogP contribution >= 0.6 is 0 Å². The van der Waals surface area contributed by atoms with E-state index in [0.717, 1.165) is 36.9 Å². The predicted molar refractivity (Wildman–Crippen MR) is 83.3 cm³/mol. The zero-order valence-electron chi connectivity index (χ0n) is 13.0. The fourth-order valence-electron chi connectivity index (χ4n) is 3.81. The summed E-state index contributed by atoms with van der Waals surface area (Å²) in [4.78, 5) is 19.2. The summed E-state index contributed by atoms with van der Waals surface area (Å²) in [7, 11) is 0. The summed E-state index contributed by atoms with van der Waals surface area (Å²) in [5.41, 5.74) is 1.78. The smallest absolute Gasteiger partial charge is 0.255 e. The van der Waals surface area contributed by atoms with Crippen LogP contribution in [0.25, 0.3) is 0 Å². The molecule has 114 valence electrons. The predicted octanol–water partition coefficient (Wildman–Crippen LogP) is 2.53. The number of aryl methyl sites for hydroxylation is 1. The molecule has 1 N–H and O–H groups in total. The third-order valence-electron chi connectivity index (χ3n) is 4.74. The van der Waals surface area contributed by atoms with E-state index in [4.69, 9.17) is 0 Å². The van der Waals surface area contributed by atoms with E-state index in [1.807, 2.05) is 13.0 Å². The second-order valence-corrected chi connectivity index (χ2v) is 6.51. The normalized spacial score (nSPS) is 27.6. The molecule has 0 aliphatic carbocycles. The molecule has 1 aromatic heterocycles. The van der Waals surface area contributed by atoms with Crippen LogP contribution < -0.4 is 5.32 Å². The molecule has 2 bridgehead atoms. The Morgan fingerprint density at radius 2 is 2.05 bits per heavy atom. The van der Waals surface area contributed by atoms with Gasteiger partial charge in [-0.2, -0.15) is 0 Å². The zero-order valence-corrected chi connectivity index (χ0v) is 13.0. The number of nitrogens with one attached hydrogen (secondary N) is 1. The quantitative estimate of drug-likeness (QED) is 0.925. The summed E-state index contributed by atoms with van der Waals surface area (Å²) >= 11 is 0. The van der Waals surface area contributed by atoms with Crippen molar-refractivity contribution in [2.45, 2.75) is 64.1 Å². The van der Waals surface area contributed by atoms with E-state index in [9.17, 15) is 4.79 Å². The van der Waals surface area contributed by atoms with Crippen molar-refractivity contribution in [2.75, 3.05) is 6.54 Å². The molecule has 2 aliphatic heterocycles. The Balaban J connectivity index is 1.79. The summed E-state index contributed by atoms with van der Waals surface area (Å²) in [6.45, 7) is 4.97. The molecular weight excluding hydrogens is 262 g/mol. The van der Waals surface area contributed by atoms with Crippen LogP contribution in [-0.4, -0.2) is 40.5 Å². The molecule has 2 fully saturated rings. The summed E-state index contributed by atoms with van der Waals surface area (Å²) in [5.74, 6) is 0.152. The van der Waals surface area contributed by atoms with E-state index >= 15 is 0 Å². The average molecular weight is 287 g/mol. The van der Waals surface area contributed by atoms with Crippen molar-refractivity contribution in [2.24, 2.45) is 0 Å². The van der Waals surface area contributed by atoms with Gasteiger partial charge in [-0.1, -0.05) is 6.92 Å². The largest absolute Gasteiger partial charge is 0.336 e. The highest BCUT2D eigenvalue weighted by atomic mass is 16.2. The van der Waals surface area contributed by atoms with Gasteiger partial charge in [-0.15, -0.1) is 0 Å². The first kappa shape index (κ1) is 14.5. The summed E-state index contributed by atoms with van der Waals surface area (Å²) < 4.78 is 0. The molecular formula is C17H25N3O. The van der Waals surface area contributed by atoms with E-state index in [0.29, 0.717) is 18.1 Å². The van der Waals surface area contributed by atoms with Crippen molar-refractivity contribution in [1.29, 1.82) is 0 Å². The summed E-state index contributed by atoms with van der Waals surface area (Å²) in [5, 5.41) is 3.65. The first-order valence-electron chi connectivity index (χ1n) is 8.16. The van der Waals surface area contributed by atoms with Gasteiger partial charge in [0.15, 0.2) is 0 Å². The fourth-order valence-corrected chi connectivity index (χ4v) is 3.81. The molecule has 3 heterocycles.